The average Bonchev–Trinajstić information content (AvgIpc) is 3.06. The van der Waals surface area contributed by atoms with Gasteiger partial charge in [0.05, 0.1) is 31.0 Å². The first-order valence-corrected chi connectivity index (χ1v) is 8.70. The Morgan fingerprint density at radius 3 is 3.08 bits per heavy atom. The van der Waals surface area contributed by atoms with Crippen LogP contribution >= 0.6 is 0 Å². The molecule has 6 nitrogen and oxygen atoms in total. The third-order valence-electron chi connectivity index (χ3n) is 4.79. The van der Waals surface area contributed by atoms with Crippen LogP contribution in [0.25, 0.3) is 0 Å². The second-order valence-electron chi connectivity index (χ2n) is 6.76. The average molecular weight is 329 g/mol. The molecule has 1 unspecified atom stereocenters. The van der Waals surface area contributed by atoms with Crippen molar-refractivity contribution < 1.29 is 13.9 Å². The SMILES string of the molecule is O=C(Cc1ccco1)N1Cc2ccnn2C(CCOCC2CC2)C1. The second kappa shape index (κ2) is 6.81. The molecule has 1 atom stereocenters. The second-order valence-corrected chi connectivity index (χ2v) is 6.76. The monoisotopic (exact) mass is 329 g/mol. The van der Waals surface area contributed by atoms with Crippen LogP contribution in [-0.4, -0.2) is 40.3 Å². The first-order chi connectivity index (χ1) is 11.8. The largest absolute Gasteiger partial charge is 0.469 e. The van der Waals surface area contributed by atoms with Crippen molar-refractivity contribution in [3.63, 3.8) is 0 Å². The number of hydrogen-bond acceptors (Lipinski definition) is 4. The zero-order valence-electron chi connectivity index (χ0n) is 13.8. The van der Waals surface area contributed by atoms with Crippen molar-refractivity contribution in [2.75, 3.05) is 19.8 Å². The summed E-state index contributed by atoms with van der Waals surface area (Å²) in [5.74, 6) is 1.59. The van der Waals surface area contributed by atoms with Gasteiger partial charge in [0.25, 0.3) is 0 Å². The Hall–Kier alpha value is -2.08. The van der Waals surface area contributed by atoms with E-state index >= 15 is 0 Å². The minimum atomic E-state index is 0.0984. The first kappa shape index (κ1) is 15.4. The molecule has 0 radical (unpaired) electrons. The van der Waals surface area contributed by atoms with Gasteiger partial charge in [0.2, 0.25) is 5.91 Å². The van der Waals surface area contributed by atoms with E-state index in [2.05, 4.69) is 9.78 Å². The summed E-state index contributed by atoms with van der Waals surface area (Å²) in [5.41, 5.74) is 1.08. The number of hydrogen-bond donors (Lipinski definition) is 0. The van der Waals surface area contributed by atoms with Crippen molar-refractivity contribution in [1.29, 1.82) is 0 Å². The molecule has 0 spiro atoms. The maximum absolute atomic E-state index is 12.6. The van der Waals surface area contributed by atoms with Crippen LogP contribution in [0.5, 0.6) is 0 Å². The molecule has 3 heterocycles. The van der Waals surface area contributed by atoms with Crippen molar-refractivity contribution in [2.45, 2.75) is 38.3 Å². The highest BCUT2D eigenvalue weighted by Gasteiger charge is 2.29. The summed E-state index contributed by atoms with van der Waals surface area (Å²) in [7, 11) is 0. The highest BCUT2D eigenvalue weighted by molar-refractivity contribution is 5.78. The molecule has 1 fully saturated rings. The summed E-state index contributed by atoms with van der Waals surface area (Å²) in [6, 6.07) is 5.83. The van der Waals surface area contributed by atoms with Crippen molar-refractivity contribution in [1.82, 2.24) is 14.7 Å². The van der Waals surface area contributed by atoms with E-state index in [1.165, 1.54) is 12.8 Å². The van der Waals surface area contributed by atoms with Gasteiger partial charge in [0, 0.05) is 26.0 Å². The number of carbonyl (C=O) groups is 1. The highest BCUT2D eigenvalue weighted by atomic mass is 16.5. The lowest BCUT2D eigenvalue weighted by atomic mass is 10.1. The zero-order chi connectivity index (χ0) is 16.4. The Bertz CT molecular complexity index is 676. The molecule has 6 heteroatoms. The Balaban J connectivity index is 1.37. The fraction of sp³-hybridized carbons (Fsp3) is 0.556. The van der Waals surface area contributed by atoms with E-state index in [9.17, 15) is 4.79 Å². The summed E-state index contributed by atoms with van der Waals surface area (Å²) >= 11 is 0. The maximum Gasteiger partial charge on any atom is 0.230 e. The molecule has 24 heavy (non-hydrogen) atoms. The normalized spacial score (nSPS) is 20.2. The van der Waals surface area contributed by atoms with Gasteiger partial charge < -0.3 is 14.1 Å². The lowest BCUT2D eigenvalue weighted by Gasteiger charge is -2.34. The van der Waals surface area contributed by atoms with Crippen LogP contribution in [0.1, 0.15) is 36.8 Å². The molecule has 0 bridgehead atoms. The van der Waals surface area contributed by atoms with E-state index in [0.717, 1.165) is 31.2 Å². The zero-order valence-corrected chi connectivity index (χ0v) is 13.8. The molecule has 128 valence electrons. The van der Waals surface area contributed by atoms with Gasteiger partial charge in [0.1, 0.15) is 5.76 Å². The lowest BCUT2D eigenvalue weighted by Crippen LogP contribution is -2.42. The topological polar surface area (TPSA) is 60.5 Å². The van der Waals surface area contributed by atoms with Gasteiger partial charge in [-0.05, 0) is 43.4 Å². The number of carbonyl (C=O) groups excluding carboxylic acids is 1. The first-order valence-electron chi connectivity index (χ1n) is 8.70. The summed E-state index contributed by atoms with van der Waals surface area (Å²) in [6.45, 7) is 2.89. The van der Waals surface area contributed by atoms with E-state index in [4.69, 9.17) is 9.15 Å². The Morgan fingerprint density at radius 1 is 1.38 bits per heavy atom. The van der Waals surface area contributed by atoms with Gasteiger partial charge in [-0.3, -0.25) is 9.48 Å². The van der Waals surface area contributed by atoms with E-state index in [-0.39, 0.29) is 11.9 Å². The number of nitrogens with zero attached hydrogens (tertiary/aromatic N) is 3. The van der Waals surface area contributed by atoms with Crippen LogP contribution in [0.15, 0.2) is 35.1 Å². The van der Waals surface area contributed by atoms with E-state index in [0.29, 0.717) is 25.3 Å². The summed E-state index contributed by atoms with van der Waals surface area (Å²) in [6.07, 6.45) is 7.23. The van der Waals surface area contributed by atoms with Crippen molar-refractivity contribution in [2.24, 2.45) is 5.92 Å². The number of amides is 1. The molecule has 1 aliphatic carbocycles. The smallest absolute Gasteiger partial charge is 0.230 e. The predicted molar refractivity (Wildman–Crippen MR) is 87.3 cm³/mol. The Labute approximate surface area is 141 Å². The van der Waals surface area contributed by atoms with E-state index in [1.807, 2.05) is 29.3 Å². The molecule has 0 N–H and O–H groups in total. The van der Waals surface area contributed by atoms with Crippen molar-refractivity contribution in [3.05, 3.63) is 42.1 Å². The van der Waals surface area contributed by atoms with Gasteiger partial charge in [-0.1, -0.05) is 0 Å². The van der Waals surface area contributed by atoms with Crippen LogP contribution in [-0.2, 0) is 22.5 Å². The number of ether oxygens (including phenoxy) is 1. The number of rotatable bonds is 7. The van der Waals surface area contributed by atoms with Crippen molar-refractivity contribution in [3.8, 4) is 0 Å². The van der Waals surface area contributed by atoms with Gasteiger partial charge >= 0.3 is 0 Å². The molecule has 1 saturated carbocycles. The van der Waals surface area contributed by atoms with Crippen LogP contribution in [0.2, 0.25) is 0 Å². The fourth-order valence-electron chi connectivity index (χ4n) is 3.22. The Morgan fingerprint density at radius 2 is 2.29 bits per heavy atom. The summed E-state index contributed by atoms with van der Waals surface area (Å²) in [4.78, 5) is 14.5. The summed E-state index contributed by atoms with van der Waals surface area (Å²) in [5, 5.41) is 4.44. The van der Waals surface area contributed by atoms with Gasteiger partial charge in [-0.15, -0.1) is 0 Å². The third-order valence-corrected chi connectivity index (χ3v) is 4.79. The standard InChI is InChI=1S/C18H23N3O3/c22-18(10-17-2-1-8-24-17)20-11-15-5-7-19-21(15)16(12-20)6-9-23-13-14-3-4-14/h1-2,5,7-8,14,16H,3-4,6,9-13H2. The molecule has 2 aliphatic rings. The van der Waals surface area contributed by atoms with Crippen LogP contribution < -0.4 is 0 Å². The molecular formula is C18H23N3O3. The molecule has 1 amide bonds. The van der Waals surface area contributed by atoms with Gasteiger partial charge in [-0.2, -0.15) is 5.10 Å². The molecule has 1 aliphatic heterocycles. The molecule has 2 aromatic heterocycles. The van der Waals surface area contributed by atoms with Gasteiger partial charge in [0.15, 0.2) is 0 Å². The number of aromatic nitrogens is 2. The number of fused-ring (bicyclic) bond motifs is 1. The van der Waals surface area contributed by atoms with E-state index < -0.39 is 0 Å². The highest BCUT2D eigenvalue weighted by Crippen LogP contribution is 2.29. The maximum atomic E-state index is 12.6. The van der Waals surface area contributed by atoms with Gasteiger partial charge in [-0.25, -0.2) is 0 Å². The number of furan rings is 1. The molecule has 0 aromatic carbocycles. The molecule has 4 rings (SSSR count). The fourth-order valence-corrected chi connectivity index (χ4v) is 3.22. The lowest BCUT2D eigenvalue weighted by molar-refractivity contribution is -0.133. The predicted octanol–water partition coefficient (Wildman–Crippen LogP) is 2.42. The third kappa shape index (κ3) is 3.53. The minimum absolute atomic E-state index is 0.0984. The van der Waals surface area contributed by atoms with Crippen LogP contribution in [0.4, 0.5) is 0 Å². The molecular weight excluding hydrogens is 306 g/mol. The van der Waals surface area contributed by atoms with Crippen LogP contribution in [0.3, 0.4) is 0 Å². The van der Waals surface area contributed by atoms with Crippen molar-refractivity contribution >= 4 is 5.91 Å². The molecule has 2 aromatic rings. The van der Waals surface area contributed by atoms with Crippen LogP contribution in [0, 0.1) is 5.92 Å². The minimum Gasteiger partial charge on any atom is -0.469 e. The van der Waals surface area contributed by atoms with E-state index in [1.54, 1.807) is 6.26 Å². The summed E-state index contributed by atoms with van der Waals surface area (Å²) < 4.78 is 13.1. The molecule has 0 saturated heterocycles. The quantitative estimate of drug-likeness (QED) is 0.732. The Kier molecular flexibility index (Phi) is 4.38.